The quantitative estimate of drug-likeness (QED) is 0.869. The minimum Gasteiger partial charge on any atom is -0.476 e. The molecule has 0 aliphatic carbocycles. The first kappa shape index (κ1) is 11.1. The molecule has 0 radical (unpaired) electrons. The van der Waals surface area contributed by atoms with E-state index in [0.717, 1.165) is 13.0 Å². The Bertz CT molecular complexity index is 429. The zero-order chi connectivity index (χ0) is 11.7. The fraction of sp³-hybridized carbons (Fsp3) is 0.500. The molecule has 2 rings (SSSR count). The Hall–Kier alpha value is -1.43. The van der Waals surface area contributed by atoms with Crippen LogP contribution in [0, 0.1) is 0 Å². The number of hydrogen-bond acceptors (Lipinski definition) is 4. The summed E-state index contributed by atoms with van der Waals surface area (Å²) in [4.78, 5) is 28.0. The lowest BCUT2D eigenvalue weighted by Gasteiger charge is -2.21. The van der Waals surface area contributed by atoms with E-state index < -0.39 is 5.97 Å². The van der Waals surface area contributed by atoms with Crippen LogP contribution in [0.1, 0.15) is 41.3 Å². The summed E-state index contributed by atoms with van der Waals surface area (Å²) in [6.07, 6.45) is 1.46. The summed E-state index contributed by atoms with van der Waals surface area (Å²) in [5, 5.41) is 11.0. The number of thiazole rings is 1. The van der Waals surface area contributed by atoms with Crippen molar-refractivity contribution < 1.29 is 14.7 Å². The van der Waals surface area contributed by atoms with Crippen LogP contribution in [0.2, 0.25) is 0 Å². The Morgan fingerprint density at radius 3 is 2.94 bits per heavy atom. The number of carbonyl (C=O) groups excluding carboxylic acids is 1. The van der Waals surface area contributed by atoms with Gasteiger partial charge in [0.1, 0.15) is 5.01 Å². The summed E-state index contributed by atoms with van der Waals surface area (Å²) in [7, 11) is 0. The van der Waals surface area contributed by atoms with Crippen molar-refractivity contribution in [2.24, 2.45) is 0 Å². The average molecular weight is 240 g/mol. The molecule has 0 bridgehead atoms. The number of carboxylic acid groups (broad SMARTS) is 1. The van der Waals surface area contributed by atoms with Crippen LogP contribution in [0.15, 0.2) is 5.38 Å². The largest absolute Gasteiger partial charge is 0.476 e. The molecule has 1 aromatic heterocycles. The monoisotopic (exact) mass is 240 g/mol. The first-order valence-electron chi connectivity index (χ1n) is 5.08. The van der Waals surface area contributed by atoms with Crippen LogP contribution < -0.4 is 0 Å². The number of hydrogen-bond donors (Lipinski definition) is 1. The molecule has 6 heteroatoms. The Balaban J connectivity index is 2.16. The predicted molar refractivity (Wildman–Crippen MR) is 58.4 cm³/mol. The zero-order valence-electron chi connectivity index (χ0n) is 8.84. The lowest BCUT2D eigenvalue weighted by atomic mass is 10.3. The maximum absolute atomic E-state index is 11.5. The van der Waals surface area contributed by atoms with Gasteiger partial charge in [-0.05, 0) is 13.3 Å². The van der Waals surface area contributed by atoms with Gasteiger partial charge in [-0.2, -0.15) is 0 Å². The Labute approximate surface area is 96.7 Å². The summed E-state index contributed by atoms with van der Waals surface area (Å²) in [5.41, 5.74) is 0.0542. The normalized spacial score (nSPS) is 17.8. The maximum Gasteiger partial charge on any atom is 0.355 e. The Kier molecular flexibility index (Phi) is 2.91. The van der Waals surface area contributed by atoms with E-state index >= 15 is 0 Å². The lowest BCUT2D eigenvalue weighted by molar-refractivity contribution is -0.129. The van der Waals surface area contributed by atoms with Crippen LogP contribution in [-0.2, 0) is 4.79 Å². The number of likely N-dealkylation sites (tertiary alicyclic amines) is 1. The van der Waals surface area contributed by atoms with Crippen LogP contribution in [0.3, 0.4) is 0 Å². The van der Waals surface area contributed by atoms with Crippen LogP contribution in [0.5, 0.6) is 0 Å². The van der Waals surface area contributed by atoms with Gasteiger partial charge in [0, 0.05) is 18.3 Å². The zero-order valence-corrected chi connectivity index (χ0v) is 9.66. The third-order valence-electron chi connectivity index (χ3n) is 2.68. The van der Waals surface area contributed by atoms with E-state index in [4.69, 9.17) is 5.11 Å². The number of carbonyl (C=O) groups is 2. The molecule has 1 aromatic rings. The van der Waals surface area contributed by atoms with Crippen molar-refractivity contribution in [2.45, 2.75) is 25.8 Å². The maximum atomic E-state index is 11.5. The summed E-state index contributed by atoms with van der Waals surface area (Å²) in [5.74, 6) is -0.901. The number of nitrogens with zero attached hydrogens (tertiary/aromatic N) is 2. The molecule has 86 valence electrons. The number of rotatable bonds is 3. The number of aromatic nitrogens is 1. The average Bonchev–Trinajstić information content (AvgIpc) is 2.84. The molecule has 1 aliphatic heterocycles. The van der Waals surface area contributed by atoms with Crippen molar-refractivity contribution in [3.63, 3.8) is 0 Å². The van der Waals surface area contributed by atoms with E-state index in [9.17, 15) is 9.59 Å². The Morgan fingerprint density at radius 1 is 1.69 bits per heavy atom. The van der Waals surface area contributed by atoms with Crippen molar-refractivity contribution in [2.75, 3.05) is 6.54 Å². The highest BCUT2D eigenvalue weighted by molar-refractivity contribution is 7.09. The topological polar surface area (TPSA) is 70.5 Å². The molecule has 1 aliphatic rings. The second kappa shape index (κ2) is 4.21. The molecule has 0 aromatic carbocycles. The van der Waals surface area contributed by atoms with Crippen LogP contribution >= 0.6 is 11.3 Å². The highest BCUT2D eigenvalue weighted by Crippen LogP contribution is 2.27. The SMILES string of the molecule is CC(c1nc(C(=O)O)cs1)N1CCCC1=O. The molecule has 5 nitrogen and oxygen atoms in total. The minimum atomic E-state index is -1.03. The van der Waals surface area contributed by atoms with Gasteiger partial charge in [-0.3, -0.25) is 4.79 Å². The molecule has 0 spiro atoms. The van der Waals surface area contributed by atoms with Crippen LogP contribution in [0.4, 0.5) is 0 Å². The van der Waals surface area contributed by atoms with Gasteiger partial charge < -0.3 is 10.0 Å². The fourth-order valence-electron chi connectivity index (χ4n) is 1.79. The van der Waals surface area contributed by atoms with Crippen molar-refractivity contribution in [3.8, 4) is 0 Å². The molecular formula is C10H12N2O3S. The first-order chi connectivity index (χ1) is 7.59. The second-order valence-corrected chi connectivity index (χ2v) is 4.63. The van der Waals surface area contributed by atoms with Crippen molar-refractivity contribution >= 4 is 23.2 Å². The highest BCUT2D eigenvalue weighted by atomic mass is 32.1. The molecule has 1 unspecified atom stereocenters. The summed E-state index contributed by atoms with van der Waals surface area (Å²) in [6, 6.07) is -0.118. The van der Waals surface area contributed by atoms with E-state index in [1.54, 1.807) is 4.90 Å². The standard InChI is InChI=1S/C10H12N2O3S/c1-6(12-4-2-3-8(12)13)9-11-7(5-16-9)10(14)15/h5-6H,2-4H2,1H3,(H,14,15). The molecule has 16 heavy (non-hydrogen) atoms. The van der Waals surface area contributed by atoms with Crippen LogP contribution in [-0.4, -0.2) is 33.4 Å². The number of aromatic carboxylic acids is 1. The molecule has 1 N–H and O–H groups in total. The van der Waals surface area contributed by atoms with E-state index in [-0.39, 0.29) is 17.6 Å². The van der Waals surface area contributed by atoms with Crippen LogP contribution in [0.25, 0.3) is 0 Å². The summed E-state index contributed by atoms with van der Waals surface area (Å²) in [6.45, 7) is 2.62. The van der Waals surface area contributed by atoms with E-state index in [1.807, 2.05) is 6.92 Å². The smallest absolute Gasteiger partial charge is 0.355 e. The summed E-state index contributed by atoms with van der Waals surface area (Å²) < 4.78 is 0. The van der Waals surface area contributed by atoms with Gasteiger partial charge in [-0.25, -0.2) is 9.78 Å². The molecule has 1 amide bonds. The van der Waals surface area contributed by atoms with Crippen molar-refractivity contribution in [1.29, 1.82) is 0 Å². The number of carboxylic acids is 1. The van der Waals surface area contributed by atoms with Gasteiger partial charge in [-0.15, -0.1) is 11.3 Å². The van der Waals surface area contributed by atoms with Gasteiger partial charge >= 0.3 is 5.97 Å². The van der Waals surface area contributed by atoms with Gasteiger partial charge in [0.05, 0.1) is 6.04 Å². The molecule has 1 saturated heterocycles. The van der Waals surface area contributed by atoms with E-state index in [0.29, 0.717) is 11.4 Å². The van der Waals surface area contributed by atoms with E-state index in [2.05, 4.69) is 4.98 Å². The van der Waals surface area contributed by atoms with E-state index in [1.165, 1.54) is 16.7 Å². The Morgan fingerprint density at radius 2 is 2.44 bits per heavy atom. The van der Waals surface area contributed by atoms with Crippen molar-refractivity contribution in [1.82, 2.24) is 9.88 Å². The van der Waals surface area contributed by atoms with Gasteiger partial charge in [-0.1, -0.05) is 0 Å². The van der Waals surface area contributed by atoms with Gasteiger partial charge in [0.15, 0.2) is 5.69 Å². The molecule has 2 heterocycles. The number of amides is 1. The van der Waals surface area contributed by atoms with Gasteiger partial charge in [0.25, 0.3) is 0 Å². The predicted octanol–water partition coefficient (Wildman–Crippen LogP) is 1.52. The second-order valence-electron chi connectivity index (χ2n) is 3.74. The molecule has 1 atom stereocenters. The fourth-order valence-corrected chi connectivity index (χ4v) is 2.65. The molecular weight excluding hydrogens is 228 g/mol. The molecule has 1 fully saturated rings. The third-order valence-corrected chi connectivity index (χ3v) is 3.69. The minimum absolute atomic E-state index is 0.0542. The summed E-state index contributed by atoms with van der Waals surface area (Å²) >= 11 is 1.29. The van der Waals surface area contributed by atoms with Gasteiger partial charge in [0.2, 0.25) is 5.91 Å². The highest BCUT2D eigenvalue weighted by Gasteiger charge is 2.28. The van der Waals surface area contributed by atoms with Crippen molar-refractivity contribution in [3.05, 3.63) is 16.1 Å². The lowest BCUT2D eigenvalue weighted by Crippen LogP contribution is -2.27. The first-order valence-corrected chi connectivity index (χ1v) is 5.95. The third kappa shape index (κ3) is 1.92. The molecule has 0 saturated carbocycles.